The molecular weight excluding hydrogens is 376 g/mol. The van der Waals surface area contributed by atoms with Crippen LogP contribution in [0.1, 0.15) is 52.4 Å². The van der Waals surface area contributed by atoms with E-state index in [0.717, 1.165) is 47.6 Å². The first kappa shape index (κ1) is 21.6. The van der Waals surface area contributed by atoms with Crippen molar-refractivity contribution in [1.82, 2.24) is 0 Å². The predicted octanol–water partition coefficient (Wildman–Crippen LogP) is 6.70. The molecule has 0 atom stereocenters. The van der Waals surface area contributed by atoms with E-state index in [0.29, 0.717) is 24.3 Å². The van der Waals surface area contributed by atoms with Crippen LogP contribution in [-0.2, 0) is 9.59 Å². The van der Waals surface area contributed by atoms with Gasteiger partial charge in [-0.2, -0.15) is 0 Å². The van der Waals surface area contributed by atoms with Gasteiger partial charge in [0.2, 0.25) is 0 Å². The van der Waals surface area contributed by atoms with E-state index in [9.17, 15) is 9.59 Å². The number of fused-ring (bicyclic) bond motifs is 1. The molecular formula is C26H28O4. The fourth-order valence-electron chi connectivity index (χ4n) is 3.21. The maximum absolute atomic E-state index is 11.9. The van der Waals surface area contributed by atoms with E-state index in [1.165, 1.54) is 0 Å². The first-order valence-corrected chi connectivity index (χ1v) is 10.6. The molecule has 4 nitrogen and oxygen atoms in total. The fourth-order valence-corrected chi connectivity index (χ4v) is 3.21. The molecule has 0 saturated carbocycles. The molecule has 0 saturated heterocycles. The predicted molar refractivity (Wildman–Crippen MR) is 120 cm³/mol. The third-order valence-electron chi connectivity index (χ3n) is 4.91. The Balaban J connectivity index is 1.75. The minimum absolute atomic E-state index is 0.196. The van der Waals surface area contributed by atoms with E-state index < -0.39 is 0 Å². The minimum atomic E-state index is -0.200. The van der Waals surface area contributed by atoms with Gasteiger partial charge in [-0.1, -0.05) is 57.0 Å². The summed E-state index contributed by atoms with van der Waals surface area (Å²) < 4.78 is 10.9. The molecule has 4 heteroatoms. The number of rotatable bonds is 9. The van der Waals surface area contributed by atoms with Gasteiger partial charge in [0, 0.05) is 12.8 Å². The molecule has 156 valence electrons. The normalized spacial score (nSPS) is 10.7. The number of unbranched alkanes of at least 4 members (excludes halogenated alkanes) is 2. The molecule has 0 heterocycles. The standard InChI is InChI=1S/C26H28O4/c1-3-5-10-25(27)29-23-9-7-8-19(17-23)20-12-13-22-18-24(15-14-21(22)16-20)30-26(28)11-6-4-2/h7-9,12-18H,3-6,10-11H2,1-2H3. The van der Waals surface area contributed by atoms with Gasteiger partial charge in [0.15, 0.2) is 0 Å². The topological polar surface area (TPSA) is 52.6 Å². The Morgan fingerprint density at radius 3 is 1.90 bits per heavy atom. The highest BCUT2D eigenvalue weighted by atomic mass is 16.5. The smallest absolute Gasteiger partial charge is 0.311 e. The van der Waals surface area contributed by atoms with Gasteiger partial charge in [0.25, 0.3) is 0 Å². The monoisotopic (exact) mass is 404 g/mol. The Hall–Kier alpha value is -3.14. The number of carbonyl (C=O) groups is 2. The Labute approximate surface area is 177 Å². The lowest BCUT2D eigenvalue weighted by Crippen LogP contribution is -2.07. The van der Waals surface area contributed by atoms with Crippen molar-refractivity contribution in [2.45, 2.75) is 52.4 Å². The summed E-state index contributed by atoms with van der Waals surface area (Å²) in [5, 5.41) is 2.05. The maximum Gasteiger partial charge on any atom is 0.311 e. The lowest BCUT2D eigenvalue weighted by molar-refractivity contribution is -0.135. The quantitative estimate of drug-likeness (QED) is 0.294. The Kier molecular flexibility index (Phi) is 7.61. The summed E-state index contributed by atoms with van der Waals surface area (Å²) >= 11 is 0. The van der Waals surface area contributed by atoms with E-state index >= 15 is 0 Å². The Morgan fingerprint density at radius 2 is 1.23 bits per heavy atom. The summed E-state index contributed by atoms with van der Waals surface area (Å²) in [4.78, 5) is 23.8. The van der Waals surface area contributed by atoms with Gasteiger partial charge in [-0.3, -0.25) is 9.59 Å². The molecule has 30 heavy (non-hydrogen) atoms. The van der Waals surface area contributed by atoms with Crippen LogP contribution < -0.4 is 9.47 Å². The molecule has 3 aromatic carbocycles. The highest BCUT2D eigenvalue weighted by Crippen LogP contribution is 2.29. The molecule has 0 radical (unpaired) electrons. The van der Waals surface area contributed by atoms with Crippen LogP contribution >= 0.6 is 0 Å². The van der Waals surface area contributed by atoms with E-state index in [4.69, 9.17) is 9.47 Å². The second-order valence-electron chi connectivity index (χ2n) is 7.41. The zero-order chi connectivity index (χ0) is 21.3. The summed E-state index contributed by atoms with van der Waals surface area (Å²) in [6.45, 7) is 4.10. The van der Waals surface area contributed by atoms with Crippen LogP contribution in [0.4, 0.5) is 0 Å². The van der Waals surface area contributed by atoms with E-state index in [1.807, 2.05) is 62.4 Å². The van der Waals surface area contributed by atoms with Crippen LogP contribution in [0, 0.1) is 0 Å². The van der Waals surface area contributed by atoms with Crippen molar-refractivity contribution in [3.63, 3.8) is 0 Å². The lowest BCUT2D eigenvalue weighted by Gasteiger charge is -2.09. The highest BCUT2D eigenvalue weighted by Gasteiger charge is 2.08. The van der Waals surface area contributed by atoms with Crippen LogP contribution in [-0.4, -0.2) is 11.9 Å². The first-order chi connectivity index (χ1) is 14.6. The molecule has 3 aromatic rings. The fraction of sp³-hybridized carbons (Fsp3) is 0.308. The van der Waals surface area contributed by atoms with Crippen LogP contribution in [0.25, 0.3) is 21.9 Å². The molecule has 0 bridgehead atoms. The van der Waals surface area contributed by atoms with Crippen LogP contribution in [0.3, 0.4) is 0 Å². The maximum atomic E-state index is 11.9. The molecule has 0 spiro atoms. The van der Waals surface area contributed by atoms with Gasteiger partial charge < -0.3 is 9.47 Å². The van der Waals surface area contributed by atoms with Gasteiger partial charge >= 0.3 is 11.9 Å². The van der Waals surface area contributed by atoms with Crippen molar-refractivity contribution in [3.05, 3.63) is 60.7 Å². The SMILES string of the molecule is CCCCC(=O)Oc1cccc(-c2ccc3cc(OC(=O)CCCC)ccc3c2)c1. The molecule has 0 fully saturated rings. The van der Waals surface area contributed by atoms with Gasteiger partial charge in [0.1, 0.15) is 11.5 Å². The number of hydrogen-bond acceptors (Lipinski definition) is 4. The summed E-state index contributed by atoms with van der Waals surface area (Å²) in [6.07, 6.45) is 4.47. The van der Waals surface area contributed by atoms with Gasteiger partial charge in [0.05, 0.1) is 0 Å². The third-order valence-corrected chi connectivity index (χ3v) is 4.91. The average molecular weight is 405 g/mol. The van der Waals surface area contributed by atoms with Crippen molar-refractivity contribution in [2.75, 3.05) is 0 Å². The van der Waals surface area contributed by atoms with Crippen molar-refractivity contribution >= 4 is 22.7 Å². The molecule has 0 aliphatic heterocycles. The van der Waals surface area contributed by atoms with Crippen LogP contribution in [0.15, 0.2) is 60.7 Å². The van der Waals surface area contributed by atoms with Gasteiger partial charge in [-0.25, -0.2) is 0 Å². The van der Waals surface area contributed by atoms with Crippen molar-refractivity contribution in [2.24, 2.45) is 0 Å². The van der Waals surface area contributed by atoms with Gasteiger partial charge in [-0.05, 0) is 65.1 Å². The van der Waals surface area contributed by atoms with E-state index in [-0.39, 0.29) is 11.9 Å². The number of carbonyl (C=O) groups excluding carboxylic acids is 2. The zero-order valence-corrected chi connectivity index (χ0v) is 17.6. The van der Waals surface area contributed by atoms with Crippen molar-refractivity contribution in [3.8, 4) is 22.6 Å². The summed E-state index contributed by atoms with van der Waals surface area (Å²) in [5.41, 5.74) is 2.01. The largest absolute Gasteiger partial charge is 0.427 e. The number of benzene rings is 3. The summed E-state index contributed by atoms with van der Waals surface area (Å²) in [7, 11) is 0. The number of esters is 2. The second kappa shape index (κ2) is 10.6. The van der Waals surface area contributed by atoms with Crippen LogP contribution in [0.5, 0.6) is 11.5 Å². The van der Waals surface area contributed by atoms with Gasteiger partial charge in [-0.15, -0.1) is 0 Å². The summed E-state index contributed by atoms with van der Waals surface area (Å²) in [6, 6.07) is 19.3. The average Bonchev–Trinajstić information content (AvgIpc) is 2.76. The van der Waals surface area contributed by atoms with Crippen LogP contribution in [0.2, 0.25) is 0 Å². The molecule has 0 amide bonds. The minimum Gasteiger partial charge on any atom is -0.427 e. The van der Waals surface area contributed by atoms with Crippen molar-refractivity contribution < 1.29 is 19.1 Å². The van der Waals surface area contributed by atoms with E-state index in [1.54, 1.807) is 6.07 Å². The molecule has 3 rings (SSSR count). The molecule has 0 aromatic heterocycles. The third kappa shape index (κ3) is 5.93. The van der Waals surface area contributed by atoms with Crippen molar-refractivity contribution in [1.29, 1.82) is 0 Å². The lowest BCUT2D eigenvalue weighted by atomic mass is 10.0. The number of ether oxygens (including phenoxy) is 2. The molecule has 0 aliphatic rings. The number of hydrogen-bond donors (Lipinski definition) is 0. The molecule has 0 N–H and O–H groups in total. The van der Waals surface area contributed by atoms with E-state index in [2.05, 4.69) is 6.07 Å². The zero-order valence-electron chi connectivity index (χ0n) is 17.6. The highest BCUT2D eigenvalue weighted by molar-refractivity contribution is 5.89. The Morgan fingerprint density at radius 1 is 0.667 bits per heavy atom. The summed E-state index contributed by atoms with van der Waals surface area (Å²) in [5.74, 6) is 0.729. The molecule has 0 unspecified atom stereocenters. The Bertz CT molecular complexity index is 1020. The second-order valence-corrected chi connectivity index (χ2v) is 7.41. The first-order valence-electron chi connectivity index (χ1n) is 10.6. The molecule has 0 aliphatic carbocycles.